The molecule has 1 aromatic rings. The van der Waals surface area contributed by atoms with E-state index < -0.39 is 6.10 Å². The maximum atomic E-state index is 10.5. The maximum Gasteiger partial charge on any atom is 0.162 e. The van der Waals surface area contributed by atoms with Crippen molar-refractivity contribution in [2.75, 3.05) is 19.8 Å². The van der Waals surface area contributed by atoms with Crippen molar-refractivity contribution < 1.29 is 19.3 Å². The van der Waals surface area contributed by atoms with Crippen molar-refractivity contribution in [3.63, 3.8) is 0 Å². The van der Waals surface area contributed by atoms with Gasteiger partial charge in [0.25, 0.3) is 0 Å². The lowest BCUT2D eigenvalue weighted by Gasteiger charge is -2.24. The molecule has 0 aliphatic carbocycles. The summed E-state index contributed by atoms with van der Waals surface area (Å²) in [7, 11) is 0. The highest BCUT2D eigenvalue weighted by molar-refractivity contribution is 9.10. The highest BCUT2D eigenvalue weighted by Gasteiger charge is 2.21. The van der Waals surface area contributed by atoms with Gasteiger partial charge in [0.1, 0.15) is 13.2 Å². The Bertz CT molecular complexity index is 485. The van der Waals surface area contributed by atoms with Crippen LogP contribution in [0.3, 0.4) is 0 Å². The Kier molecular flexibility index (Phi) is 5.03. The molecule has 0 bridgehead atoms. The summed E-state index contributed by atoms with van der Waals surface area (Å²) >= 11 is 3.52. The fraction of sp³-hybridized carbons (Fsp3) is 0.625. The second kappa shape index (κ2) is 6.99. The topological polar surface area (TPSA) is 47.9 Å². The SMILES string of the molecule is OC(CCC1CCCCO1)c1cc2c(cc1Br)OCCO2. The van der Waals surface area contributed by atoms with Crippen LogP contribution in [-0.2, 0) is 4.74 Å². The summed E-state index contributed by atoms with van der Waals surface area (Å²) in [5, 5.41) is 10.5. The van der Waals surface area contributed by atoms with Crippen molar-refractivity contribution in [2.45, 2.75) is 44.3 Å². The Morgan fingerprint density at radius 1 is 1.14 bits per heavy atom. The largest absolute Gasteiger partial charge is 0.486 e. The number of aliphatic hydroxyl groups is 1. The molecule has 0 radical (unpaired) electrons. The Labute approximate surface area is 133 Å². The molecule has 21 heavy (non-hydrogen) atoms. The lowest BCUT2D eigenvalue weighted by atomic mass is 9.99. The van der Waals surface area contributed by atoms with Gasteiger partial charge >= 0.3 is 0 Å². The van der Waals surface area contributed by atoms with Gasteiger partial charge in [-0.15, -0.1) is 0 Å². The molecule has 0 saturated carbocycles. The third-order valence-electron chi connectivity index (χ3n) is 4.06. The molecule has 1 aromatic carbocycles. The maximum absolute atomic E-state index is 10.5. The average Bonchev–Trinajstić information content (AvgIpc) is 2.53. The van der Waals surface area contributed by atoms with E-state index in [1.807, 2.05) is 12.1 Å². The summed E-state index contributed by atoms with van der Waals surface area (Å²) in [6, 6.07) is 3.76. The molecule has 1 fully saturated rings. The van der Waals surface area contributed by atoms with E-state index in [4.69, 9.17) is 14.2 Å². The number of hydrogen-bond donors (Lipinski definition) is 1. The van der Waals surface area contributed by atoms with E-state index in [9.17, 15) is 5.11 Å². The smallest absolute Gasteiger partial charge is 0.162 e. The number of halogens is 1. The minimum Gasteiger partial charge on any atom is -0.486 e. The molecule has 2 unspecified atom stereocenters. The molecule has 2 aliphatic heterocycles. The molecule has 0 spiro atoms. The predicted octanol–water partition coefficient (Wildman–Crippen LogP) is 3.60. The van der Waals surface area contributed by atoms with Crippen LogP contribution in [0.4, 0.5) is 0 Å². The average molecular weight is 357 g/mol. The first-order valence-electron chi connectivity index (χ1n) is 7.63. The highest BCUT2D eigenvalue weighted by atomic mass is 79.9. The first kappa shape index (κ1) is 15.1. The Hall–Kier alpha value is -0.780. The molecule has 0 amide bonds. The predicted molar refractivity (Wildman–Crippen MR) is 82.9 cm³/mol. The van der Waals surface area contributed by atoms with Gasteiger partial charge in [-0.05, 0) is 49.8 Å². The normalized spacial score (nSPS) is 22.9. The Balaban J connectivity index is 1.64. The molecular weight excluding hydrogens is 336 g/mol. The van der Waals surface area contributed by atoms with Crippen LogP contribution in [0.15, 0.2) is 16.6 Å². The second-order valence-electron chi connectivity index (χ2n) is 5.60. The van der Waals surface area contributed by atoms with Crippen molar-refractivity contribution in [3.8, 4) is 11.5 Å². The number of rotatable bonds is 4. The summed E-state index contributed by atoms with van der Waals surface area (Å²) in [5.74, 6) is 1.45. The molecule has 3 rings (SSSR count). The quantitative estimate of drug-likeness (QED) is 0.895. The van der Waals surface area contributed by atoms with Gasteiger partial charge in [0.2, 0.25) is 0 Å². The summed E-state index contributed by atoms with van der Waals surface area (Å²) in [4.78, 5) is 0. The van der Waals surface area contributed by atoms with Crippen LogP contribution in [0.25, 0.3) is 0 Å². The molecule has 2 heterocycles. The van der Waals surface area contributed by atoms with Gasteiger partial charge in [-0.2, -0.15) is 0 Å². The molecule has 5 heteroatoms. The Morgan fingerprint density at radius 3 is 2.62 bits per heavy atom. The minimum absolute atomic E-state index is 0.296. The van der Waals surface area contributed by atoms with Gasteiger partial charge < -0.3 is 19.3 Å². The number of fused-ring (bicyclic) bond motifs is 1. The standard InChI is InChI=1S/C16H21BrO4/c17-13-10-16-15(20-7-8-21-16)9-12(13)14(18)5-4-11-3-1-2-6-19-11/h9-11,14,18H,1-8H2. The van der Waals surface area contributed by atoms with Gasteiger partial charge in [-0.1, -0.05) is 15.9 Å². The van der Waals surface area contributed by atoms with Crippen LogP contribution in [0.1, 0.15) is 43.8 Å². The van der Waals surface area contributed by atoms with Crippen LogP contribution < -0.4 is 9.47 Å². The second-order valence-corrected chi connectivity index (χ2v) is 6.45. The summed E-state index contributed by atoms with van der Waals surface area (Å²) < 4.78 is 17.7. The number of hydrogen-bond acceptors (Lipinski definition) is 4. The molecule has 116 valence electrons. The van der Waals surface area contributed by atoms with E-state index in [0.29, 0.717) is 31.5 Å². The van der Waals surface area contributed by atoms with Crippen LogP contribution >= 0.6 is 15.9 Å². The minimum atomic E-state index is -0.513. The molecule has 2 aliphatic rings. The van der Waals surface area contributed by atoms with Gasteiger partial charge in [0.05, 0.1) is 12.2 Å². The summed E-state index contributed by atoms with van der Waals surface area (Å²) in [6.07, 6.45) is 4.87. The summed E-state index contributed by atoms with van der Waals surface area (Å²) in [5.41, 5.74) is 0.857. The zero-order valence-electron chi connectivity index (χ0n) is 12.0. The van der Waals surface area contributed by atoms with Crippen LogP contribution in [0.2, 0.25) is 0 Å². The van der Waals surface area contributed by atoms with Crippen LogP contribution in [0.5, 0.6) is 11.5 Å². The molecule has 2 atom stereocenters. The fourth-order valence-corrected chi connectivity index (χ4v) is 3.46. The Morgan fingerprint density at radius 2 is 1.90 bits per heavy atom. The number of aliphatic hydroxyl groups excluding tert-OH is 1. The van der Waals surface area contributed by atoms with Crippen LogP contribution in [-0.4, -0.2) is 31.0 Å². The van der Waals surface area contributed by atoms with E-state index in [2.05, 4.69) is 15.9 Å². The molecule has 0 aromatic heterocycles. The zero-order chi connectivity index (χ0) is 14.7. The third kappa shape index (κ3) is 3.71. The van der Waals surface area contributed by atoms with Crippen molar-refractivity contribution in [1.29, 1.82) is 0 Å². The van der Waals surface area contributed by atoms with E-state index >= 15 is 0 Å². The van der Waals surface area contributed by atoms with Gasteiger partial charge in [-0.3, -0.25) is 0 Å². The monoisotopic (exact) mass is 356 g/mol. The highest BCUT2D eigenvalue weighted by Crippen LogP contribution is 2.39. The van der Waals surface area contributed by atoms with E-state index in [0.717, 1.165) is 41.7 Å². The first-order chi connectivity index (χ1) is 10.2. The van der Waals surface area contributed by atoms with Gasteiger partial charge in [0.15, 0.2) is 11.5 Å². The third-order valence-corrected chi connectivity index (χ3v) is 4.74. The molecular formula is C16H21BrO4. The lowest BCUT2D eigenvalue weighted by molar-refractivity contribution is 0.00205. The van der Waals surface area contributed by atoms with E-state index in [1.165, 1.54) is 6.42 Å². The van der Waals surface area contributed by atoms with E-state index in [1.54, 1.807) is 0 Å². The number of benzene rings is 1. The zero-order valence-corrected chi connectivity index (χ0v) is 13.6. The summed E-state index contributed by atoms with van der Waals surface area (Å²) in [6.45, 7) is 1.98. The van der Waals surface area contributed by atoms with Crippen LogP contribution in [0, 0.1) is 0 Å². The van der Waals surface area contributed by atoms with Gasteiger partial charge in [-0.25, -0.2) is 0 Å². The van der Waals surface area contributed by atoms with Crippen molar-refractivity contribution >= 4 is 15.9 Å². The lowest BCUT2D eigenvalue weighted by Crippen LogP contribution is -2.20. The van der Waals surface area contributed by atoms with Crippen molar-refractivity contribution in [1.82, 2.24) is 0 Å². The van der Waals surface area contributed by atoms with E-state index in [-0.39, 0.29) is 0 Å². The first-order valence-corrected chi connectivity index (χ1v) is 8.42. The molecule has 4 nitrogen and oxygen atoms in total. The van der Waals surface area contributed by atoms with Gasteiger partial charge in [0, 0.05) is 11.1 Å². The van der Waals surface area contributed by atoms with Crippen molar-refractivity contribution in [2.24, 2.45) is 0 Å². The fourth-order valence-electron chi connectivity index (χ4n) is 2.87. The molecule has 1 saturated heterocycles. The number of ether oxygens (including phenoxy) is 3. The van der Waals surface area contributed by atoms with Crippen molar-refractivity contribution in [3.05, 3.63) is 22.2 Å². The molecule has 1 N–H and O–H groups in total.